The Hall–Kier alpha value is -3.14. The van der Waals surface area contributed by atoms with E-state index < -0.39 is 0 Å². The van der Waals surface area contributed by atoms with Crippen LogP contribution in [0.1, 0.15) is 67.5 Å². The molecule has 4 nitrogen and oxygen atoms in total. The minimum Gasteiger partial charge on any atom is -0.489 e. The SMILES string of the molecule is Cc1noc(C)c1COc1cccc(CC(C)(C)Cc2ccc3ccnc(C(C)C)c3c2)c1. The lowest BCUT2D eigenvalue weighted by Crippen LogP contribution is -2.18. The zero-order valence-corrected chi connectivity index (χ0v) is 20.6. The van der Waals surface area contributed by atoms with Crippen LogP contribution in [0.2, 0.25) is 0 Å². The molecule has 0 atom stereocenters. The Labute approximate surface area is 197 Å². The third-order valence-corrected chi connectivity index (χ3v) is 6.24. The van der Waals surface area contributed by atoms with Gasteiger partial charge in [-0.3, -0.25) is 4.98 Å². The second-order valence-electron chi connectivity index (χ2n) is 10.2. The molecule has 0 bridgehead atoms. The van der Waals surface area contributed by atoms with Gasteiger partial charge in [-0.15, -0.1) is 0 Å². The summed E-state index contributed by atoms with van der Waals surface area (Å²) in [5.74, 6) is 2.10. The number of aromatic nitrogens is 2. The number of pyridine rings is 1. The first-order valence-corrected chi connectivity index (χ1v) is 11.7. The average Bonchev–Trinajstić information content (AvgIpc) is 3.08. The van der Waals surface area contributed by atoms with Crippen molar-refractivity contribution in [3.05, 3.63) is 88.6 Å². The Kier molecular flexibility index (Phi) is 6.55. The minimum absolute atomic E-state index is 0.105. The lowest BCUT2D eigenvalue weighted by molar-refractivity contribution is 0.300. The maximum absolute atomic E-state index is 6.06. The van der Waals surface area contributed by atoms with Crippen molar-refractivity contribution in [1.29, 1.82) is 0 Å². The molecule has 0 unspecified atom stereocenters. The van der Waals surface area contributed by atoms with E-state index in [0.717, 1.165) is 35.6 Å². The Balaban J connectivity index is 1.47. The Morgan fingerprint density at radius 3 is 2.42 bits per heavy atom. The zero-order valence-electron chi connectivity index (χ0n) is 20.6. The summed E-state index contributed by atoms with van der Waals surface area (Å²) in [5, 5.41) is 6.55. The van der Waals surface area contributed by atoms with Crippen LogP contribution in [0.25, 0.3) is 10.8 Å². The number of fused-ring (bicyclic) bond motifs is 1. The van der Waals surface area contributed by atoms with Crippen LogP contribution in [0.4, 0.5) is 0 Å². The fourth-order valence-corrected chi connectivity index (χ4v) is 4.58. The first-order valence-electron chi connectivity index (χ1n) is 11.7. The van der Waals surface area contributed by atoms with Crippen LogP contribution in [-0.4, -0.2) is 10.1 Å². The average molecular weight is 443 g/mol. The molecule has 4 heteroatoms. The maximum atomic E-state index is 6.06. The molecular weight excluding hydrogens is 408 g/mol. The Morgan fingerprint density at radius 2 is 1.73 bits per heavy atom. The van der Waals surface area contributed by atoms with Gasteiger partial charge in [-0.05, 0) is 78.8 Å². The highest BCUT2D eigenvalue weighted by Gasteiger charge is 2.20. The van der Waals surface area contributed by atoms with E-state index in [4.69, 9.17) is 9.26 Å². The van der Waals surface area contributed by atoms with Crippen molar-refractivity contribution in [2.24, 2.45) is 5.41 Å². The van der Waals surface area contributed by atoms with Crippen molar-refractivity contribution in [3.63, 3.8) is 0 Å². The number of ether oxygens (including phenoxy) is 1. The molecule has 172 valence electrons. The summed E-state index contributed by atoms with van der Waals surface area (Å²) in [6.07, 6.45) is 3.89. The topological polar surface area (TPSA) is 48.2 Å². The second-order valence-corrected chi connectivity index (χ2v) is 10.2. The molecule has 0 saturated heterocycles. The molecule has 0 aliphatic rings. The van der Waals surface area contributed by atoms with Gasteiger partial charge in [0.1, 0.15) is 18.1 Å². The van der Waals surface area contributed by atoms with Crippen LogP contribution in [0, 0.1) is 19.3 Å². The van der Waals surface area contributed by atoms with Gasteiger partial charge in [0.2, 0.25) is 0 Å². The molecule has 2 aromatic carbocycles. The summed E-state index contributed by atoms with van der Waals surface area (Å²) in [7, 11) is 0. The predicted molar refractivity (Wildman–Crippen MR) is 134 cm³/mol. The molecule has 4 aromatic rings. The molecule has 0 saturated carbocycles. The summed E-state index contributed by atoms with van der Waals surface area (Å²) >= 11 is 0. The zero-order chi connectivity index (χ0) is 23.6. The molecule has 33 heavy (non-hydrogen) atoms. The molecule has 0 aliphatic heterocycles. The van der Waals surface area contributed by atoms with Gasteiger partial charge in [-0.1, -0.05) is 57.1 Å². The summed E-state index contributed by atoms with van der Waals surface area (Å²) in [5.41, 5.74) is 5.82. The molecular formula is C29H34N2O2. The van der Waals surface area contributed by atoms with Gasteiger partial charge in [0.05, 0.1) is 17.0 Å². The largest absolute Gasteiger partial charge is 0.489 e. The van der Waals surface area contributed by atoms with E-state index in [2.05, 4.69) is 80.3 Å². The monoisotopic (exact) mass is 442 g/mol. The predicted octanol–water partition coefficient (Wildman–Crippen LogP) is 7.35. The van der Waals surface area contributed by atoms with Gasteiger partial charge < -0.3 is 9.26 Å². The van der Waals surface area contributed by atoms with Crippen molar-refractivity contribution in [2.45, 2.75) is 66.9 Å². The van der Waals surface area contributed by atoms with Crippen molar-refractivity contribution >= 4 is 10.8 Å². The van der Waals surface area contributed by atoms with Crippen LogP contribution >= 0.6 is 0 Å². The number of benzene rings is 2. The van der Waals surface area contributed by atoms with E-state index in [1.54, 1.807) is 0 Å². The molecule has 0 spiro atoms. The Bertz CT molecular complexity index is 1230. The highest BCUT2D eigenvalue weighted by atomic mass is 16.5. The highest BCUT2D eigenvalue weighted by Crippen LogP contribution is 2.31. The molecule has 0 radical (unpaired) electrons. The second kappa shape index (κ2) is 9.38. The van der Waals surface area contributed by atoms with E-state index in [1.165, 1.54) is 27.6 Å². The third kappa shape index (κ3) is 5.44. The van der Waals surface area contributed by atoms with E-state index in [9.17, 15) is 0 Å². The summed E-state index contributed by atoms with van der Waals surface area (Å²) in [4.78, 5) is 4.64. The van der Waals surface area contributed by atoms with Gasteiger partial charge in [-0.2, -0.15) is 0 Å². The number of hydrogen-bond donors (Lipinski definition) is 0. The normalized spacial score (nSPS) is 12.0. The van der Waals surface area contributed by atoms with Gasteiger partial charge in [0.15, 0.2) is 0 Å². The van der Waals surface area contributed by atoms with Gasteiger partial charge in [-0.25, -0.2) is 0 Å². The van der Waals surface area contributed by atoms with Gasteiger partial charge in [0.25, 0.3) is 0 Å². The molecule has 0 aliphatic carbocycles. The van der Waals surface area contributed by atoms with Crippen molar-refractivity contribution < 1.29 is 9.26 Å². The van der Waals surface area contributed by atoms with Crippen LogP contribution in [0.15, 0.2) is 59.3 Å². The molecule has 0 N–H and O–H groups in total. The van der Waals surface area contributed by atoms with Gasteiger partial charge in [0, 0.05) is 11.6 Å². The number of hydrogen-bond acceptors (Lipinski definition) is 4. The van der Waals surface area contributed by atoms with Crippen molar-refractivity contribution in [2.75, 3.05) is 0 Å². The van der Waals surface area contributed by atoms with E-state index in [-0.39, 0.29) is 5.41 Å². The van der Waals surface area contributed by atoms with E-state index in [0.29, 0.717) is 12.5 Å². The summed E-state index contributed by atoms with van der Waals surface area (Å²) in [6.45, 7) is 13.4. The number of aryl methyl sites for hydroxylation is 2. The molecule has 4 rings (SSSR count). The molecule has 2 aromatic heterocycles. The molecule has 2 heterocycles. The fourth-order valence-electron chi connectivity index (χ4n) is 4.58. The first kappa shape index (κ1) is 23.0. The van der Waals surface area contributed by atoms with Crippen LogP contribution in [-0.2, 0) is 19.4 Å². The van der Waals surface area contributed by atoms with E-state index >= 15 is 0 Å². The van der Waals surface area contributed by atoms with Crippen molar-refractivity contribution in [1.82, 2.24) is 10.1 Å². The quantitative estimate of drug-likeness (QED) is 0.286. The molecule has 0 amide bonds. The van der Waals surface area contributed by atoms with Gasteiger partial charge >= 0.3 is 0 Å². The van der Waals surface area contributed by atoms with Crippen LogP contribution < -0.4 is 4.74 Å². The fraction of sp³-hybridized carbons (Fsp3) is 0.379. The first-order chi connectivity index (χ1) is 15.7. The number of rotatable bonds is 8. The number of nitrogens with zero attached hydrogens (tertiary/aromatic N) is 2. The smallest absolute Gasteiger partial charge is 0.140 e. The minimum atomic E-state index is 0.105. The van der Waals surface area contributed by atoms with E-state index in [1.807, 2.05) is 26.1 Å². The van der Waals surface area contributed by atoms with Crippen LogP contribution in [0.3, 0.4) is 0 Å². The summed E-state index contributed by atoms with van der Waals surface area (Å²) < 4.78 is 11.3. The van der Waals surface area contributed by atoms with Crippen molar-refractivity contribution in [3.8, 4) is 5.75 Å². The highest BCUT2D eigenvalue weighted by molar-refractivity contribution is 5.85. The Morgan fingerprint density at radius 1 is 0.970 bits per heavy atom. The molecule has 0 fully saturated rings. The standard InChI is InChI=1S/C29H34N2O2/c1-19(2)28-26-15-23(10-11-24(26)12-13-30-28)17-29(5,6)16-22-8-7-9-25(14-22)32-18-27-20(3)31-33-21(27)4/h7-15,19H,16-18H2,1-6H3. The maximum Gasteiger partial charge on any atom is 0.140 e. The van der Waals surface area contributed by atoms with Crippen LogP contribution in [0.5, 0.6) is 5.75 Å². The summed E-state index contributed by atoms with van der Waals surface area (Å²) in [6, 6.07) is 17.4. The lowest BCUT2D eigenvalue weighted by Gasteiger charge is -2.25. The lowest BCUT2D eigenvalue weighted by atomic mass is 9.80. The third-order valence-electron chi connectivity index (χ3n) is 6.24.